The summed E-state index contributed by atoms with van der Waals surface area (Å²) in [7, 11) is 0. The van der Waals surface area contributed by atoms with Gasteiger partial charge in [-0.05, 0) is 35.9 Å². The molecule has 0 aliphatic heterocycles. The number of nitrogens with one attached hydrogen (secondary N) is 1. The molecule has 0 unspecified atom stereocenters. The molecule has 5 heteroatoms. The number of benzene rings is 2. The van der Waals surface area contributed by atoms with Crippen molar-refractivity contribution in [2.75, 3.05) is 5.32 Å². The lowest BCUT2D eigenvalue weighted by Gasteiger charge is -2.06. The number of amides is 1. The molecule has 3 nitrogen and oxygen atoms in total. The lowest BCUT2D eigenvalue weighted by molar-refractivity contribution is 0.102. The summed E-state index contributed by atoms with van der Waals surface area (Å²) in [5.74, 6) is -2.62. The quantitative estimate of drug-likeness (QED) is 0.894. The minimum atomic E-state index is -1.07. The van der Waals surface area contributed by atoms with E-state index >= 15 is 0 Å². The minimum Gasteiger partial charge on any atom is -0.392 e. The SMILES string of the molecule is O=C(Nc1cccc(CO)c1)c1ccc(F)c(F)c1. The topological polar surface area (TPSA) is 49.3 Å². The van der Waals surface area contributed by atoms with Crippen LogP contribution in [0.4, 0.5) is 14.5 Å². The van der Waals surface area contributed by atoms with E-state index in [-0.39, 0.29) is 12.2 Å². The number of hydrogen-bond donors (Lipinski definition) is 2. The summed E-state index contributed by atoms with van der Waals surface area (Å²) in [6.07, 6.45) is 0. The van der Waals surface area contributed by atoms with Crippen LogP contribution in [0.15, 0.2) is 42.5 Å². The zero-order chi connectivity index (χ0) is 13.8. The summed E-state index contributed by atoms with van der Waals surface area (Å²) in [5, 5.41) is 11.5. The Bertz CT molecular complexity index is 614. The molecule has 0 aromatic heterocycles. The maximum Gasteiger partial charge on any atom is 0.255 e. The number of rotatable bonds is 3. The molecule has 0 saturated heterocycles. The average Bonchev–Trinajstić information content (AvgIpc) is 2.42. The first kappa shape index (κ1) is 13.2. The first-order chi connectivity index (χ1) is 9.10. The Balaban J connectivity index is 2.18. The second-order valence-electron chi connectivity index (χ2n) is 3.94. The molecule has 0 aliphatic rings. The fraction of sp³-hybridized carbons (Fsp3) is 0.0714. The van der Waals surface area contributed by atoms with Crippen molar-refractivity contribution in [3.05, 3.63) is 65.2 Å². The lowest BCUT2D eigenvalue weighted by atomic mass is 10.1. The summed E-state index contributed by atoms with van der Waals surface area (Å²) in [5.41, 5.74) is 1.14. The van der Waals surface area contributed by atoms with Gasteiger partial charge in [-0.1, -0.05) is 12.1 Å². The van der Waals surface area contributed by atoms with Crippen LogP contribution in [-0.4, -0.2) is 11.0 Å². The van der Waals surface area contributed by atoms with Crippen molar-refractivity contribution in [3.8, 4) is 0 Å². The Morgan fingerprint density at radius 1 is 1.11 bits per heavy atom. The highest BCUT2D eigenvalue weighted by molar-refractivity contribution is 6.04. The Hall–Kier alpha value is -2.27. The largest absolute Gasteiger partial charge is 0.392 e. The second kappa shape index (κ2) is 5.58. The first-order valence-electron chi connectivity index (χ1n) is 5.56. The molecule has 2 N–H and O–H groups in total. The second-order valence-corrected chi connectivity index (χ2v) is 3.94. The number of halogens is 2. The molecule has 0 spiro atoms. The zero-order valence-corrected chi connectivity index (χ0v) is 9.86. The van der Waals surface area contributed by atoms with Crippen molar-refractivity contribution >= 4 is 11.6 Å². The smallest absolute Gasteiger partial charge is 0.255 e. The number of carbonyl (C=O) groups is 1. The number of aliphatic hydroxyl groups excluding tert-OH is 1. The highest BCUT2D eigenvalue weighted by atomic mass is 19.2. The number of hydrogen-bond acceptors (Lipinski definition) is 2. The van der Waals surface area contributed by atoms with Crippen LogP contribution >= 0.6 is 0 Å². The van der Waals surface area contributed by atoms with Crippen LogP contribution in [0.2, 0.25) is 0 Å². The molecule has 0 aliphatic carbocycles. The van der Waals surface area contributed by atoms with Gasteiger partial charge in [0.15, 0.2) is 11.6 Å². The third-order valence-corrected chi connectivity index (χ3v) is 2.55. The van der Waals surface area contributed by atoms with E-state index in [1.807, 2.05) is 0 Å². The van der Waals surface area contributed by atoms with Crippen LogP contribution in [0.3, 0.4) is 0 Å². The van der Waals surface area contributed by atoms with Gasteiger partial charge in [0.1, 0.15) is 0 Å². The predicted molar refractivity (Wildman–Crippen MR) is 66.7 cm³/mol. The highest BCUT2D eigenvalue weighted by Gasteiger charge is 2.10. The van der Waals surface area contributed by atoms with Crippen molar-refractivity contribution in [1.29, 1.82) is 0 Å². The standard InChI is InChI=1S/C14H11F2NO2/c15-12-5-4-10(7-13(12)16)14(19)17-11-3-1-2-9(6-11)8-18/h1-7,18H,8H2,(H,17,19). The van der Waals surface area contributed by atoms with Crippen molar-refractivity contribution in [2.45, 2.75) is 6.61 Å². The Labute approximate surface area is 108 Å². The predicted octanol–water partition coefficient (Wildman–Crippen LogP) is 2.71. The Morgan fingerprint density at radius 3 is 2.58 bits per heavy atom. The van der Waals surface area contributed by atoms with Gasteiger partial charge in [-0.3, -0.25) is 4.79 Å². The Morgan fingerprint density at radius 2 is 1.89 bits per heavy atom. The van der Waals surface area contributed by atoms with Crippen LogP contribution < -0.4 is 5.32 Å². The number of anilines is 1. The molecule has 0 bridgehead atoms. The van der Waals surface area contributed by atoms with Crippen molar-refractivity contribution in [3.63, 3.8) is 0 Å². The molecule has 0 radical (unpaired) electrons. The van der Waals surface area contributed by atoms with Crippen LogP contribution in [-0.2, 0) is 6.61 Å². The molecule has 0 fully saturated rings. The van der Waals surface area contributed by atoms with Crippen molar-refractivity contribution in [1.82, 2.24) is 0 Å². The molecule has 0 heterocycles. The molecule has 98 valence electrons. The molecule has 19 heavy (non-hydrogen) atoms. The highest BCUT2D eigenvalue weighted by Crippen LogP contribution is 2.14. The summed E-state index contributed by atoms with van der Waals surface area (Å²) >= 11 is 0. The number of aliphatic hydroxyl groups is 1. The van der Waals surface area contributed by atoms with Crippen molar-refractivity contribution in [2.24, 2.45) is 0 Å². The van der Waals surface area contributed by atoms with E-state index in [0.717, 1.165) is 12.1 Å². The molecule has 2 aromatic rings. The molecule has 2 rings (SSSR count). The van der Waals surface area contributed by atoms with Gasteiger partial charge in [0.25, 0.3) is 5.91 Å². The van der Waals surface area contributed by atoms with E-state index in [1.54, 1.807) is 24.3 Å². The molecule has 0 saturated carbocycles. The summed E-state index contributed by atoms with van der Waals surface area (Å²) in [4.78, 5) is 11.8. The maximum absolute atomic E-state index is 13.0. The molecule has 2 aromatic carbocycles. The van der Waals surface area contributed by atoms with Gasteiger partial charge in [-0.2, -0.15) is 0 Å². The van der Waals surface area contributed by atoms with Gasteiger partial charge < -0.3 is 10.4 Å². The van der Waals surface area contributed by atoms with Gasteiger partial charge in [0.05, 0.1) is 6.61 Å². The van der Waals surface area contributed by atoms with Crippen LogP contribution in [0.5, 0.6) is 0 Å². The Kier molecular flexibility index (Phi) is 3.87. The molecular weight excluding hydrogens is 252 g/mol. The molecular formula is C14H11F2NO2. The average molecular weight is 263 g/mol. The van der Waals surface area contributed by atoms with Crippen molar-refractivity contribution < 1.29 is 18.7 Å². The van der Waals surface area contributed by atoms with E-state index in [1.165, 1.54) is 6.07 Å². The van der Waals surface area contributed by atoms with Gasteiger partial charge in [0.2, 0.25) is 0 Å². The van der Waals surface area contributed by atoms with Gasteiger partial charge in [-0.25, -0.2) is 8.78 Å². The van der Waals surface area contributed by atoms with Crippen LogP contribution in [0.1, 0.15) is 15.9 Å². The fourth-order valence-corrected chi connectivity index (χ4v) is 1.59. The van der Waals surface area contributed by atoms with E-state index in [0.29, 0.717) is 11.3 Å². The maximum atomic E-state index is 13.0. The minimum absolute atomic E-state index is 0.0216. The molecule has 1 amide bonds. The number of carbonyl (C=O) groups excluding carboxylic acids is 1. The van der Waals surface area contributed by atoms with Crippen LogP contribution in [0.25, 0.3) is 0 Å². The summed E-state index contributed by atoms with van der Waals surface area (Å²) in [6, 6.07) is 9.53. The fourth-order valence-electron chi connectivity index (χ4n) is 1.59. The van der Waals surface area contributed by atoms with E-state index in [2.05, 4.69) is 5.32 Å². The third-order valence-electron chi connectivity index (χ3n) is 2.55. The van der Waals surface area contributed by atoms with E-state index in [4.69, 9.17) is 5.11 Å². The van der Waals surface area contributed by atoms with Crippen LogP contribution in [0, 0.1) is 11.6 Å². The summed E-state index contributed by atoms with van der Waals surface area (Å²) < 4.78 is 25.8. The van der Waals surface area contributed by atoms with Gasteiger partial charge in [0, 0.05) is 11.3 Å². The van der Waals surface area contributed by atoms with Gasteiger partial charge in [-0.15, -0.1) is 0 Å². The molecule has 0 atom stereocenters. The normalized spacial score (nSPS) is 10.3. The monoisotopic (exact) mass is 263 g/mol. The summed E-state index contributed by atoms with van der Waals surface area (Å²) in [6.45, 7) is -0.144. The zero-order valence-electron chi connectivity index (χ0n) is 9.86. The lowest BCUT2D eigenvalue weighted by Crippen LogP contribution is -2.12. The van der Waals surface area contributed by atoms with E-state index in [9.17, 15) is 13.6 Å². The first-order valence-corrected chi connectivity index (χ1v) is 5.56. The third kappa shape index (κ3) is 3.14. The van der Waals surface area contributed by atoms with Gasteiger partial charge >= 0.3 is 0 Å². The van der Waals surface area contributed by atoms with E-state index < -0.39 is 17.5 Å².